The minimum Gasteiger partial charge on any atom is -0.341 e. The fourth-order valence-electron chi connectivity index (χ4n) is 2.31. The number of carbonyl (C=O) groups is 2. The van der Waals surface area contributed by atoms with Crippen molar-refractivity contribution in [3.8, 4) is 0 Å². The van der Waals surface area contributed by atoms with E-state index < -0.39 is 5.38 Å². The van der Waals surface area contributed by atoms with Crippen molar-refractivity contribution in [3.05, 3.63) is 35.9 Å². The number of rotatable bonds is 4. The molecule has 0 N–H and O–H groups in total. The van der Waals surface area contributed by atoms with E-state index in [9.17, 15) is 9.59 Å². The quantitative estimate of drug-likeness (QED) is 0.798. The highest BCUT2D eigenvalue weighted by Gasteiger charge is 2.25. The standard InChI is InChI=1S/C15H19ClN2O2/c1-17(11-13(19)18-9-5-6-10-18)15(20)14(16)12-7-3-2-4-8-12/h2-4,7-8,14H,5-6,9-11H2,1H3. The molecule has 2 rings (SSSR count). The summed E-state index contributed by atoms with van der Waals surface area (Å²) in [5.41, 5.74) is 0.750. The highest BCUT2D eigenvalue weighted by molar-refractivity contribution is 6.30. The van der Waals surface area contributed by atoms with Crippen molar-refractivity contribution in [1.29, 1.82) is 0 Å². The van der Waals surface area contributed by atoms with Crippen molar-refractivity contribution >= 4 is 23.4 Å². The summed E-state index contributed by atoms with van der Waals surface area (Å²) in [6.45, 7) is 1.68. The summed E-state index contributed by atoms with van der Waals surface area (Å²) in [5.74, 6) is -0.249. The third kappa shape index (κ3) is 3.51. The molecule has 1 aliphatic heterocycles. The number of benzene rings is 1. The molecule has 1 aromatic carbocycles. The number of likely N-dealkylation sites (N-methyl/N-ethyl adjacent to an activating group) is 1. The lowest BCUT2D eigenvalue weighted by atomic mass is 10.1. The van der Waals surface area contributed by atoms with E-state index >= 15 is 0 Å². The van der Waals surface area contributed by atoms with Gasteiger partial charge in [0.2, 0.25) is 11.8 Å². The van der Waals surface area contributed by atoms with E-state index in [1.165, 1.54) is 4.90 Å². The van der Waals surface area contributed by atoms with Crippen molar-refractivity contribution in [2.24, 2.45) is 0 Å². The van der Waals surface area contributed by atoms with E-state index in [0.717, 1.165) is 31.5 Å². The fraction of sp³-hybridized carbons (Fsp3) is 0.467. The van der Waals surface area contributed by atoms with Gasteiger partial charge in [0, 0.05) is 20.1 Å². The maximum atomic E-state index is 12.2. The largest absolute Gasteiger partial charge is 0.341 e. The number of hydrogen-bond donors (Lipinski definition) is 0. The molecule has 1 aliphatic rings. The van der Waals surface area contributed by atoms with E-state index in [1.807, 2.05) is 30.3 Å². The first-order valence-corrected chi connectivity index (χ1v) is 7.25. The van der Waals surface area contributed by atoms with Crippen LogP contribution in [-0.2, 0) is 9.59 Å². The van der Waals surface area contributed by atoms with Crippen molar-refractivity contribution in [2.75, 3.05) is 26.7 Å². The van der Waals surface area contributed by atoms with Gasteiger partial charge >= 0.3 is 0 Å². The first-order valence-electron chi connectivity index (χ1n) is 6.81. The van der Waals surface area contributed by atoms with Crippen molar-refractivity contribution in [3.63, 3.8) is 0 Å². The predicted molar refractivity (Wildman–Crippen MR) is 78.5 cm³/mol. The van der Waals surface area contributed by atoms with Crippen molar-refractivity contribution in [2.45, 2.75) is 18.2 Å². The van der Waals surface area contributed by atoms with Crippen LogP contribution in [0.4, 0.5) is 0 Å². The molecule has 0 spiro atoms. The van der Waals surface area contributed by atoms with Gasteiger partial charge in [-0.1, -0.05) is 30.3 Å². The van der Waals surface area contributed by atoms with Crippen LogP contribution in [0.3, 0.4) is 0 Å². The maximum Gasteiger partial charge on any atom is 0.245 e. The van der Waals surface area contributed by atoms with Crippen LogP contribution in [0.5, 0.6) is 0 Å². The molecule has 20 heavy (non-hydrogen) atoms. The Morgan fingerprint density at radius 3 is 2.45 bits per heavy atom. The van der Waals surface area contributed by atoms with E-state index in [1.54, 1.807) is 11.9 Å². The number of alkyl halides is 1. The molecule has 5 heteroatoms. The lowest BCUT2D eigenvalue weighted by molar-refractivity contribution is -0.138. The molecule has 0 aliphatic carbocycles. The van der Waals surface area contributed by atoms with E-state index in [0.29, 0.717) is 0 Å². The first-order chi connectivity index (χ1) is 9.59. The smallest absolute Gasteiger partial charge is 0.245 e. The molecule has 0 aromatic heterocycles. The second-order valence-corrected chi connectivity index (χ2v) is 5.49. The maximum absolute atomic E-state index is 12.2. The number of amides is 2. The average molecular weight is 295 g/mol. The Bertz CT molecular complexity index is 472. The molecule has 1 aromatic rings. The van der Waals surface area contributed by atoms with Gasteiger partial charge in [0.05, 0.1) is 6.54 Å². The molecule has 108 valence electrons. The third-order valence-corrected chi connectivity index (χ3v) is 3.96. The molecule has 4 nitrogen and oxygen atoms in total. The van der Waals surface area contributed by atoms with E-state index in [-0.39, 0.29) is 18.4 Å². The van der Waals surface area contributed by atoms with Crippen LogP contribution < -0.4 is 0 Å². The molecular formula is C15H19ClN2O2. The minimum atomic E-state index is -0.743. The zero-order valence-electron chi connectivity index (χ0n) is 11.6. The van der Waals surface area contributed by atoms with Crippen LogP contribution in [0.25, 0.3) is 0 Å². The Hall–Kier alpha value is -1.55. The highest BCUT2D eigenvalue weighted by Crippen LogP contribution is 2.22. The summed E-state index contributed by atoms with van der Waals surface area (Å²) < 4.78 is 0. The zero-order valence-corrected chi connectivity index (χ0v) is 12.3. The summed E-state index contributed by atoms with van der Waals surface area (Å²) >= 11 is 6.18. The van der Waals surface area contributed by atoms with Crippen LogP contribution in [0.15, 0.2) is 30.3 Å². The summed E-state index contributed by atoms with van der Waals surface area (Å²) in [5, 5.41) is -0.743. The van der Waals surface area contributed by atoms with Gasteiger partial charge in [0.1, 0.15) is 5.38 Å². The lowest BCUT2D eigenvalue weighted by Gasteiger charge is -2.23. The number of halogens is 1. The molecule has 1 unspecified atom stereocenters. The molecule has 0 radical (unpaired) electrons. The molecule has 1 atom stereocenters. The number of likely N-dealkylation sites (tertiary alicyclic amines) is 1. The summed E-state index contributed by atoms with van der Waals surface area (Å²) in [6.07, 6.45) is 2.09. The Labute approximate surface area is 124 Å². The van der Waals surface area contributed by atoms with Gasteiger partial charge in [0.25, 0.3) is 0 Å². The first kappa shape index (κ1) is 14.9. The van der Waals surface area contributed by atoms with Crippen molar-refractivity contribution in [1.82, 2.24) is 9.80 Å². The normalized spacial score (nSPS) is 16.0. The summed E-state index contributed by atoms with van der Waals surface area (Å²) in [4.78, 5) is 27.4. The second-order valence-electron chi connectivity index (χ2n) is 5.06. The number of nitrogens with zero attached hydrogens (tertiary/aromatic N) is 2. The van der Waals surface area contributed by atoms with Crippen LogP contribution in [-0.4, -0.2) is 48.3 Å². The monoisotopic (exact) mass is 294 g/mol. The van der Waals surface area contributed by atoms with E-state index in [2.05, 4.69) is 0 Å². The highest BCUT2D eigenvalue weighted by atomic mass is 35.5. The molecule has 1 heterocycles. The summed E-state index contributed by atoms with van der Waals surface area (Å²) in [6, 6.07) is 9.18. The van der Waals surface area contributed by atoms with Gasteiger partial charge in [-0.3, -0.25) is 9.59 Å². The van der Waals surface area contributed by atoms with Gasteiger partial charge in [-0.2, -0.15) is 0 Å². The Morgan fingerprint density at radius 2 is 1.85 bits per heavy atom. The molecule has 0 saturated carbocycles. The van der Waals surface area contributed by atoms with Crippen LogP contribution in [0, 0.1) is 0 Å². The van der Waals surface area contributed by atoms with Crippen LogP contribution in [0.1, 0.15) is 23.8 Å². The zero-order chi connectivity index (χ0) is 14.5. The molecule has 1 fully saturated rings. The lowest BCUT2D eigenvalue weighted by Crippen LogP contribution is -2.40. The van der Waals surface area contributed by atoms with Gasteiger partial charge < -0.3 is 9.80 Å². The molecule has 1 saturated heterocycles. The Balaban J connectivity index is 1.93. The van der Waals surface area contributed by atoms with Crippen LogP contribution >= 0.6 is 11.6 Å². The minimum absolute atomic E-state index is 0.00437. The Morgan fingerprint density at radius 1 is 1.25 bits per heavy atom. The van der Waals surface area contributed by atoms with Gasteiger partial charge in [-0.15, -0.1) is 11.6 Å². The Kier molecular flexibility index (Phi) is 5.01. The average Bonchev–Trinajstić information content (AvgIpc) is 3.01. The van der Waals surface area contributed by atoms with Gasteiger partial charge in [0.15, 0.2) is 0 Å². The third-order valence-electron chi connectivity index (χ3n) is 3.52. The van der Waals surface area contributed by atoms with E-state index in [4.69, 9.17) is 11.6 Å². The molecular weight excluding hydrogens is 276 g/mol. The molecule has 2 amide bonds. The fourth-order valence-corrected chi connectivity index (χ4v) is 2.62. The van der Waals surface area contributed by atoms with Crippen LogP contribution in [0.2, 0.25) is 0 Å². The summed E-state index contributed by atoms with van der Waals surface area (Å²) in [7, 11) is 1.62. The van der Waals surface area contributed by atoms with Crippen molar-refractivity contribution < 1.29 is 9.59 Å². The number of carbonyl (C=O) groups excluding carboxylic acids is 2. The van der Waals surface area contributed by atoms with Gasteiger partial charge in [-0.05, 0) is 18.4 Å². The second kappa shape index (κ2) is 6.75. The predicted octanol–water partition coefficient (Wildman–Crippen LogP) is 2.05. The number of hydrogen-bond acceptors (Lipinski definition) is 2. The molecule has 0 bridgehead atoms. The topological polar surface area (TPSA) is 40.6 Å². The van der Waals surface area contributed by atoms with Gasteiger partial charge in [-0.25, -0.2) is 0 Å². The SMILES string of the molecule is CN(CC(=O)N1CCCC1)C(=O)C(Cl)c1ccccc1.